The fraction of sp³-hybridized carbons (Fsp3) is 0.474. The maximum Gasteiger partial charge on any atom is 0.451 e. The minimum absolute atomic E-state index is 0.238. The SMILES string of the molecule is CN(CCC1(C=O)CN(c2cnc(C(F)(F)F)nc2)C1)c1cnc2cnn(CC(F)F)c2n1. The van der Waals surface area contributed by atoms with Crippen LogP contribution >= 0.6 is 0 Å². The highest BCUT2D eigenvalue weighted by Crippen LogP contribution is 2.36. The Morgan fingerprint density at radius 3 is 2.45 bits per heavy atom. The zero-order valence-electron chi connectivity index (χ0n) is 17.4. The number of rotatable bonds is 8. The number of aldehydes is 1. The molecule has 176 valence electrons. The molecule has 1 saturated heterocycles. The van der Waals surface area contributed by atoms with Crippen LogP contribution in [0.4, 0.5) is 33.5 Å². The maximum absolute atomic E-state index is 12.7. The van der Waals surface area contributed by atoms with Crippen LogP contribution in [0.5, 0.6) is 0 Å². The van der Waals surface area contributed by atoms with Crippen molar-refractivity contribution in [2.24, 2.45) is 5.41 Å². The van der Waals surface area contributed by atoms with Gasteiger partial charge in [0.15, 0.2) is 5.65 Å². The third kappa shape index (κ3) is 4.68. The van der Waals surface area contributed by atoms with E-state index in [0.29, 0.717) is 43.1 Å². The van der Waals surface area contributed by atoms with Crippen molar-refractivity contribution in [1.82, 2.24) is 29.7 Å². The summed E-state index contributed by atoms with van der Waals surface area (Å²) in [6, 6.07) is 0. The molecule has 0 atom stereocenters. The standard InChI is InChI=1S/C19H19F5N8O/c1-30(15-7-25-13-6-28-32(8-14(20)21)16(13)29-15)3-2-18(11-33)9-31(10-18)12-4-26-17(27-5-12)19(22,23)24/h4-7,11,14H,2-3,8-10H2,1H3. The Kier molecular flexibility index (Phi) is 5.84. The van der Waals surface area contributed by atoms with Gasteiger partial charge in [0.05, 0.1) is 35.9 Å². The van der Waals surface area contributed by atoms with E-state index < -0.39 is 30.4 Å². The molecule has 0 amide bonds. The van der Waals surface area contributed by atoms with Crippen molar-refractivity contribution >= 4 is 29.0 Å². The number of halogens is 5. The van der Waals surface area contributed by atoms with Gasteiger partial charge in [-0.2, -0.15) is 18.3 Å². The highest BCUT2D eigenvalue weighted by Gasteiger charge is 2.43. The second-order valence-corrected chi connectivity index (χ2v) is 7.93. The van der Waals surface area contributed by atoms with E-state index in [1.54, 1.807) is 16.8 Å². The second-order valence-electron chi connectivity index (χ2n) is 7.93. The number of fused-ring (bicyclic) bond motifs is 1. The molecule has 1 aliphatic rings. The van der Waals surface area contributed by atoms with Crippen LogP contribution in [-0.2, 0) is 17.5 Å². The normalized spacial score (nSPS) is 15.7. The predicted molar refractivity (Wildman–Crippen MR) is 107 cm³/mol. The molecular formula is C19H19F5N8O. The van der Waals surface area contributed by atoms with Crippen LogP contribution in [0, 0.1) is 5.41 Å². The minimum Gasteiger partial charge on any atom is -0.367 e. The molecule has 14 heteroatoms. The molecular weight excluding hydrogens is 451 g/mol. The quantitative estimate of drug-likeness (QED) is 0.366. The molecule has 0 aliphatic carbocycles. The number of aromatic nitrogens is 6. The van der Waals surface area contributed by atoms with E-state index in [1.807, 2.05) is 0 Å². The van der Waals surface area contributed by atoms with Gasteiger partial charge >= 0.3 is 6.18 Å². The van der Waals surface area contributed by atoms with Crippen molar-refractivity contribution in [3.63, 3.8) is 0 Å². The molecule has 1 aliphatic heterocycles. The Labute approximate surface area is 184 Å². The molecule has 1 fully saturated rings. The maximum atomic E-state index is 12.7. The smallest absolute Gasteiger partial charge is 0.367 e. The lowest BCUT2D eigenvalue weighted by molar-refractivity contribution is -0.145. The van der Waals surface area contributed by atoms with Crippen molar-refractivity contribution in [3.8, 4) is 0 Å². The Morgan fingerprint density at radius 1 is 1.15 bits per heavy atom. The summed E-state index contributed by atoms with van der Waals surface area (Å²) >= 11 is 0. The van der Waals surface area contributed by atoms with Gasteiger partial charge in [0.2, 0.25) is 5.82 Å². The van der Waals surface area contributed by atoms with Gasteiger partial charge < -0.3 is 14.6 Å². The van der Waals surface area contributed by atoms with E-state index in [9.17, 15) is 26.7 Å². The van der Waals surface area contributed by atoms with E-state index in [1.165, 1.54) is 12.4 Å². The number of carbonyl (C=O) groups is 1. The molecule has 0 aromatic carbocycles. The Hall–Kier alpha value is -3.45. The summed E-state index contributed by atoms with van der Waals surface area (Å²) in [5.74, 6) is -0.782. The van der Waals surface area contributed by atoms with E-state index in [-0.39, 0.29) is 5.65 Å². The molecule has 4 heterocycles. The summed E-state index contributed by atoms with van der Waals surface area (Å²) in [5.41, 5.74) is 0.344. The average Bonchev–Trinajstić information content (AvgIpc) is 3.14. The lowest BCUT2D eigenvalue weighted by Gasteiger charge is -2.48. The molecule has 33 heavy (non-hydrogen) atoms. The van der Waals surface area contributed by atoms with Gasteiger partial charge in [-0.3, -0.25) is 0 Å². The van der Waals surface area contributed by atoms with Gasteiger partial charge in [-0.1, -0.05) is 0 Å². The third-order valence-corrected chi connectivity index (χ3v) is 5.50. The Bertz CT molecular complexity index is 1130. The van der Waals surface area contributed by atoms with Gasteiger partial charge in [-0.25, -0.2) is 33.4 Å². The second kappa shape index (κ2) is 8.48. The molecule has 3 aromatic rings. The third-order valence-electron chi connectivity index (χ3n) is 5.50. The topological polar surface area (TPSA) is 92.9 Å². The number of nitrogens with zero attached hydrogens (tertiary/aromatic N) is 8. The van der Waals surface area contributed by atoms with Crippen molar-refractivity contribution in [1.29, 1.82) is 0 Å². The van der Waals surface area contributed by atoms with Crippen LogP contribution in [0.15, 0.2) is 24.8 Å². The number of hydrogen-bond donors (Lipinski definition) is 0. The molecule has 4 rings (SSSR count). The fourth-order valence-electron chi connectivity index (χ4n) is 3.61. The number of hydrogen-bond acceptors (Lipinski definition) is 8. The van der Waals surface area contributed by atoms with Crippen molar-refractivity contribution < 1.29 is 26.7 Å². The van der Waals surface area contributed by atoms with Gasteiger partial charge in [0.1, 0.15) is 24.2 Å². The average molecular weight is 470 g/mol. The molecule has 0 unspecified atom stereocenters. The molecule has 0 saturated carbocycles. The van der Waals surface area contributed by atoms with E-state index in [0.717, 1.165) is 23.4 Å². The molecule has 0 N–H and O–H groups in total. The van der Waals surface area contributed by atoms with Gasteiger partial charge in [0.25, 0.3) is 6.43 Å². The summed E-state index contributed by atoms with van der Waals surface area (Å²) in [6.45, 7) is 0.443. The van der Waals surface area contributed by atoms with E-state index in [4.69, 9.17) is 0 Å². The van der Waals surface area contributed by atoms with Crippen LogP contribution in [0.1, 0.15) is 12.2 Å². The van der Waals surface area contributed by atoms with Crippen LogP contribution in [0.25, 0.3) is 11.2 Å². The first kappa shape index (κ1) is 22.7. The lowest BCUT2D eigenvalue weighted by atomic mass is 9.78. The van der Waals surface area contributed by atoms with Crippen LogP contribution in [0.3, 0.4) is 0 Å². The molecule has 0 spiro atoms. The summed E-state index contributed by atoms with van der Waals surface area (Å²) in [7, 11) is 1.74. The summed E-state index contributed by atoms with van der Waals surface area (Å²) < 4.78 is 64.4. The number of anilines is 2. The Morgan fingerprint density at radius 2 is 1.85 bits per heavy atom. The minimum atomic E-state index is -4.62. The number of carbonyl (C=O) groups excluding carboxylic acids is 1. The Balaban J connectivity index is 1.38. The van der Waals surface area contributed by atoms with Crippen LogP contribution in [0.2, 0.25) is 0 Å². The van der Waals surface area contributed by atoms with Crippen molar-refractivity contribution in [2.75, 3.05) is 36.5 Å². The van der Waals surface area contributed by atoms with Crippen LogP contribution in [-0.4, -0.2) is 69.1 Å². The first-order valence-corrected chi connectivity index (χ1v) is 9.89. The van der Waals surface area contributed by atoms with Gasteiger partial charge in [-0.15, -0.1) is 0 Å². The monoisotopic (exact) mass is 470 g/mol. The molecule has 9 nitrogen and oxygen atoms in total. The summed E-state index contributed by atoms with van der Waals surface area (Å²) in [6.07, 6.45) is -0.876. The zero-order chi connectivity index (χ0) is 23.8. The van der Waals surface area contributed by atoms with Crippen molar-refractivity contribution in [3.05, 3.63) is 30.6 Å². The summed E-state index contributed by atoms with van der Waals surface area (Å²) in [5, 5.41) is 3.88. The van der Waals surface area contributed by atoms with E-state index >= 15 is 0 Å². The van der Waals surface area contributed by atoms with Gasteiger partial charge in [0, 0.05) is 26.7 Å². The summed E-state index contributed by atoms with van der Waals surface area (Å²) in [4.78, 5) is 30.5. The number of alkyl halides is 5. The highest BCUT2D eigenvalue weighted by atomic mass is 19.4. The largest absolute Gasteiger partial charge is 0.451 e. The molecule has 0 bridgehead atoms. The van der Waals surface area contributed by atoms with Crippen LogP contribution < -0.4 is 9.80 Å². The van der Waals surface area contributed by atoms with Crippen molar-refractivity contribution in [2.45, 2.75) is 25.6 Å². The molecule has 0 radical (unpaired) electrons. The first-order valence-electron chi connectivity index (χ1n) is 9.89. The lowest BCUT2D eigenvalue weighted by Crippen LogP contribution is -2.58. The molecule has 3 aromatic heterocycles. The fourth-order valence-corrected chi connectivity index (χ4v) is 3.61. The van der Waals surface area contributed by atoms with E-state index in [2.05, 4.69) is 25.0 Å². The predicted octanol–water partition coefficient (Wildman–Crippen LogP) is 2.43. The van der Waals surface area contributed by atoms with Gasteiger partial charge in [-0.05, 0) is 6.42 Å². The zero-order valence-corrected chi connectivity index (χ0v) is 17.4. The first-order chi connectivity index (χ1) is 15.6. The highest BCUT2D eigenvalue weighted by molar-refractivity contribution is 5.71.